The van der Waals surface area contributed by atoms with Gasteiger partial charge in [-0.3, -0.25) is 4.79 Å². The van der Waals surface area contributed by atoms with Gasteiger partial charge in [-0.2, -0.15) is 0 Å². The summed E-state index contributed by atoms with van der Waals surface area (Å²) in [7, 11) is 0. The van der Waals surface area contributed by atoms with Crippen LogP contribution in [0.3, 0.4) is 0 Å². The van der Waals surface area contributed by atoms with Crippen LogP contribution in [-0.2, 0) is 9.53 Å². The topological polar surface area (TPSA) is 60.3 Å². The van der Waals surface area contributed by atoms with Crippen molar-refractivity contribution in [2.45, 2.75) is 40.7 Å². The van der Waals surface area contributed by atoms with Gasteiger partial charge in [0.1, 0.15) is 0 Å². The lowest BCUT2D eigenvalue weighted by molar-refractivity contribution is -0.124. The number of benzene rings is 1. The van der Waals surface area contributed by atoms with Crippen LogP contribution in [0.2, 0.25) is 0 Å². The van der Waals surface area contributed by atoms with Crippen LogP contribution in [0.4, 0.5) is 0 Å². The Morgan fingerprint density at radius 1 is 1.12 bits per heavy atom. The summed E-state index contributed by atoms with van der Waals surface area (Å²) in [4.78, 5) is 23.9. The maximum Gasteiger partial charge on any atom is 0.340 e. The molecule has 5 heteroatoms. The monoisotopic (exact) mass is 328 g/mol. The molecule has 0 unspecified atom stereocenters. The normalized spacial score (nSPS) is 10.8. The molecular formula is C19H24N2O3. The number of hydrogen-bond acceptors (Lipinski definition) is 3. The molecule has 0 atom stereocenters. The second-order valence-electron chi connectivity index (χ2n) is 6.25. The number of ether oxygens (including phenoxy) is 1. The first-order valence-corrected chi connectivity index (χ1v) is 8.02. The van der Waals surface area contributed by atoms with E-state index in [-0.39, 0.29) is 18.6 Å². The number of nitrogens with one attached hydrogen (secondary N) is 1. The van der Waals surface area contributed by atoms with Crippen molar-refractivity contribution in [1.82, 2.24) is 9.88 Å². The molecule has 2 aromatic rings. The predicted octanol–water partition coefficient (Wildman–Crippen LogP) is 3.08. The van der Waals surface area contributed by atoms with E-state index in [9.17, 15) is 9.59 Å². The molecule has 0 aliphatic carbocycles. The van der Waals surface area contributed by atoms with Gasteiger partial charge in [0.25, 0.3) is 5.91 Å². The third-order valence-electron chi connectivity index (χ3n) is 3.73. The minimum atomic E-state index is -0.486. The fourth-order valence-electron chi connectivity index (χ4n) is 2.63. The number of carbonyl (C=O) groups excluding carboxylic acids is 2. The molecule has 1 aromatic carbocycles. The maximum absolute atomic E-state index is 12.3. The molecule has 128 valence electrons. The molecule has 0 aliphatic heterocycles. The van der Waals surface area contributed by atoms with Crippen molar-refractivity contribution in [3.63, 3.8) is 0 Å². The summed E-state index contributed by atoms with van der Waals surface area (Å²) in [6.07, 6.45) is 0. The average Bonchev–Trinajstić information content (AvgIpc) is 2.80. The number of esters is 1. The van der Waals surface area contributed by atoms with Gasteiger partial charge in [0.05, 0.1) is 5.56 Å². The number of nitrogens with zero attached hydrogens (tertiary/aromatic N) is 1. The third-order valence-corrected chi connectivity index (χ3v) is 3.73. The van der Waals surface area contributed by atoms with Crippen molar-refractivity contribution in [2.24, 2.45) is 0 Å². The standard InChI is InChI=1S/C19H24N2O3/c1-12(2)20-18(22)11-24-19(23)17-10-14(4)21(15(17)5)16-8-6-13(3)7-9-16/h6-10,12H,11H2,1-5H3,(H,20,22). The fourth-order valence-corrected chi connectivity index (χ4v) is 2.63. The number of amides is 1. The van der Waals surface area contributed by atoms with Crippen LogP contribution in [-0.4, -0.2) is 29.1 Å². The molecule has 1 amide bonds. The molecule has 0 fully saturated rings. The van der Waals surface area contributed by atoms with Gasteiger partial charge in [0, 0.05) is 23.1 Å². The average molecular weight is 328 g/mol. The first kappa shape index (κ1) is 17.8. The minimum absolute atomic E-state index is 0.0165. The molecule has 0 saturated heterocycles. The van der Waals surface area contributed by atoms with Gasteiger partial charge in [-0.1, -0.05) is 17.7 Å². The van der Waals surface area contributed by atoms with Crippen LogP contribution < -0.4 is 5.32 Å². The Morgan fingerprint density at radius 2 is 1.75 bits per heavy atom. The zero-order valence-electron chi connectivity index (χ0n) is 14.8. The lowest BCUT2D eigenvalue weighted by Gasteiger charge is -2.11. The van der Waals surface area contributed by atoms with Gasteiger partial charge >= 0.3 is 5.97 Å². The maximum atomic E-state index is 12.3. The highest BCUT2D eigenvalue weighted by molar-refractivity contribution is 5.93. The molecule has 1 heterocycles. The van der Waals surface area contributed by atoms with Crippen molar-refractivity contribution in [2.75, 3.05) is 6.61 Å². The first-order chi connectivity index (χ1) is 11.3. The summed E-state index contributed by atoms with van der Waals surface area (Å²) < 4.78 is 7.13. The number of aromatic nitrogens is 1. The zero-order chi connectivity index (χ0) is 17.9. The Hall–Kier alpha value is -2.56. The van der Waals surface area contributed by atoms with Crippen molar-refractivity contribution < 1.29 is 14.3 Å². The number of carbonyl (C=O) groups is 2. The van der Waals surface area contributed by atoms with Gasteiger partial charge in [-0.15, -0.1) is 0 Å². The van der Waals surface area contributed by atoms with E-state index in [0.29, 0.717) is 5.56 Å². The fraction of sp³-hybridized carbons (Fsp3) is 0.368. The molecule has 2 rings (SSSR count). The number of hydrogen-bond donors (Lipinski definition) is 1. The summed E-state index contributed by atoms with van der Waals surface area (Å²) in [6, 6.07) is 9.90. The molecule has 24 heavy (non-hydrogen) atoms. The van der Waals surface area contributed by atoms with Gasteiger partial charge in [0.2, 0.25) is 0 Å². The van der Waals surface area contributed by atoms with Gasteiger partial charge in [-0.05, 0) is 52.8 Å². The second-order valence-corrected chi connectivity index (χ2v) is 6.25. The predicted molar refractivity (Wildman–Crippen MR) is 93.5 cm³/mol. The van der Waals surface area contributed by atoms with Crippen molar-refractivity contribution in [3.8, 4) is 5.69 Å². The van der Waals surface area contributed by atoms with E-state index in [2.05, 4.69) is 5.32 Å². The molecule has 0 aliphatic rings. The molecule has 5 nitrogen and oxygen atoms in total. The SMILES string of the molecule is Cc1ccc(-n2c(C)cc(C(=O)OCC(=O)NC(C)C)c2C)cc1. The van der Waals surface area contributed by atoms with Gasteiger partial charge in [-0.25, -0.2) is 4.79 Å². The van der Waals surface area contributed by atoms with Crippen LogP contribution in [0.1, 0.15) is 41.2 Å². The smallest absolute Gasteiger partial charge is 0.340 e. The number of rotatable bonds is 5. The minimum Gasteiger partial charge on any atom is -0.452 e. The van der Waals surface area contributed by atoms with Crippen LogP contribution >= 0.6 is 0 Å². The van der Waals surface area contributed by atoms with Gasteiger partial charge < -0.3 is 14.6 Å². The summed E-state index contributed by atoms with van der Waals surface area (Å²) in [5.41, 5.74) is 4.38. The van der Waals surface area contributed by atoms with Crippen molar-refractivity contribution >= 4 is 11.9 Å². The summed E-state index contributed by atoms with van der Waals surface area (Å²) >= 11 is 0. The lowest BCUT2D eigenvalue weighted by Crippen LogP contribution is -2.34. The third kappa shape index (κ3) is 4.04. The van der Waals surface area contributed by atoms with E-state index in [4.69, 9.17) is 4.74 Å². The van der Waals surface area contributed by atoms with E-state index in [1.807, 2.05) is 63.5 Å². The van der Waals surface area contributed by atoms with E-state index in [1.165, 1.54) is 5.56 Å². The Balaban J connectivity index is 2.17. The van der Waals surface area contributed by atoms with E-state index >= 15 is 0 Å². The van der Waals surface area contributed by atoms with E-state index in [1.54, 1.807) is 6.07 Å². The van der Waals surface area contributed by atoms with Crippen LogP contribution in [0.15, 0.2) is 30.3 Å². The van der Waals surface area contributed by atoms with Gasteiger partial charge in [0.15, 0.2) is 6.61 Å². The van der Waals surface area contributed by atoms with Crippen LogP contribution in [0.5, 0.6) is 0 Å². The highest BCUT2D eigenvalue weighted by atomic mass is 16.5. The van der Waals surface area contributed by atoms with Crippen LogP contribution in [0.25, 0.3) is 5.69 Å². The van der Waals surface area contributed by atoms with Crippen molar-refractivity contribution in [3.05, 3.63) is 52.8 Å². The molecule has 0 spiro atoms. The summed E-state index contributed by atoms with van der Waals surface area (Å²) in [6.45, 7) is 9.28. The molecule has 0 saturated carbocycles. The molecule has 1 aromatic heterocycles. The van der Waals surface area contributed by atoms with E-state index in [0.717, 1.165) is 17.1 Å². The highest BCUT2D eigenvalue weighted by Gasteiger charge is 2.19. The molecule has 0 radical (unpaired) electrons. The Bertz CT molecular complexity index is 743. The summed E-state index contributed by atoms with van der Waals surface area (Å²) in [5.74, 6) is -0.786. The second kappa shape index (κ2) is 7.34. The number of aryl methyl sites for hydroxylation is 2. The Morgan fingerprint density at radius 3 is 2.33 bits per heavy atom. The highest BCUT2D eigenvalue weighted by Crippen LogP contribution is 2.21. The quantitative estimate of drug-likeness (QED) is 0.858. The molecule has 0 bridgehead atoms. The Labute approximate surface area is 142 Å². The van der Waals surface area contributed by atoms with E-state index < -0.39 is 5.97 Å². The van der Waals surface area contributed by atoms with Crippen molar-refractivity contribution in [1.29, 1.82) is 0 Å². The largest absolute Gasteiger partial charge is 0.452 e. The summed E-state index contributed by atoms with van der Waals surface area (Å²) in [5, 5.41) is 2.69. The first-order valence-electron chi connectivity index (χ1n) is 8.02. The lowest BCUT2D eigenvalue weighted by atomic mass is 10.2. The molecule has 1 N–H and O–H groups in total. The molecular weight excluding hydrogens is 304 g/mol. The zero-order valence-corrected chi connectivity index (χ0v) is 14.8. The Kier molecular flexibility index (Phi) is 5.44. The van der Waals surface area contributed by atoms with Crippen LogP contribution in [0, 0.1) is 20.8 Å².